The summed E-state index contributed by atoms with van der Waals surface area (Å²) in [4.78, 5) is 11.0. The van der Waals surface area contributed by atoms with Gasteiger partial charge in [-0.2, -0.15) is 5.26 Å². The number of amides is 1. The zero-order chi connectivity index (χ0) is 11.8. The molecule has 1 rings (SSSR count). The third-order valence-corrected chi connectivity index (χ3v) is 1.84. The summed E-state index contributed by atoms with van der Waals surface area (Å²) in [7, 11) is 0. The number of nitrogens with zero attached hydrogens (tertiary/aromatic N) is 1. The number of benzene rings is 1. The van der Waals surface area contributed by atoms with Gasteiger partial charge in [-0.15, -0.1) is 0 Å². The second-order valence-electron chi connectivity index (χ2n) is 3.02. The largest absolute Gasteiger partial charge is 0.447 e. The minimum Gasteiger partial charge on any atom is -0.447 e. The first-order chi connectivity index (χ1) is 7.76. The Morgan fingerprint density at radius 3 is 2.69 bits per heavy atom. The zero-order valence-corrected chi connectivity index (χ0v) is 8.64. The molecule has 0 heterocycles. The van der Waals surface area contributed by atoms with Gasteiger partial charge in [0, 0.05) is 6.54 Å². The number of hydrogen-bond donors (Lipinski definition) is 2. The molecule has 0 spiro atoms. The Kier molecular flexibility index (Phi) is 4.83. The van der Waals surface area contributed by atoms with Gasteiger partial charge in [0.1, 0.15) is 6.61 Å². The highest BCUT2D eigenvalue weighted by atomic mass is 16.6. The van der Waals surface area contributed by atoms with Crippen LogP contribution >= 0.6 is 0 Å². The van der Waals surface area contributed by atoms with Crippen molar-refractivity contribution < 1.29 is 14.6 Å². The van der Waals surface area contributed by atoms with Crippen LogP contribution in [0.15, 0.2) is 24.3 Å². The molecule has 0 aliphatic carbocycles. The average Bonchev–Trinajstić information content (AvgIpc) is 2.34. The number of alkyl carbamates (subject to hydrolysis) is 1. The molecule has 0 atom stereocenters. The van der Waals surface area contributed by atoms with Gasteiger partial charge in [0.2, 0.25) is 0 Å². The molecule has 16 heavy (non-hydrogen) atoms. The molecule has 0 aromatic heterocycles. The molecule has 1 aromatic rings. The summed E-state index contributed by atoms with van der Waals surface area (Å²) < 4.78 is 4.61. The lowest BCUT2D eigenvalue weighted by Gasteiger charge is -2.05. The van der Waals surface area contributed by atoms with Crippen LogP contribution in [0.3, 0.4) is 0 Å². The van der Waals surface area contributed by atoms with Gasteiger partial charge in [-0.05, 0) is 17.7 Å². The molecule has 0 radical (unpaired) electrons. The van der Waals surface area contributed by atoms with Crippen molar-refractivity contribution in [1.29, 1.82) is 5.26 Å². The molecule has 0 saturated carbocycles. The van der Waals surface area contributed by atoms with Crippen LogP contribution < -0.4 is 5.32 Å². The summed E-state index contributed by atoms with van der Waals surface area (Å²) in [6.45, 7) is 0.124. The fraction of sp³-hybridized carbons (Fsp3) is 0.273. The number of nitrogens with one attached hydrogen (secondary N) is 1. The second kappa shape index (κ2) is 6.43. The van der Waals surface area contributed by atoms with Gasteiger partial charge in [0.15, 0.2) is 0 Å². The van der Waals surface area contributed by atoms with Gasteiger partial charge in [-0.25, -0.2) is 4.79 Å². The number of ether oxygens (including phenoxy) is 1. The minimum absolute atomic E-state index is 0.0147. The van der Waals surface area contributed by atoms with Crippen molar-refractivity contribution in [2.24, 2.45) is 0 Å². The molecule has 1 aromatic carbocycles. The molecule has 84 valence electrons. The van der Waals surface area contributed by atoms with Gasteiger partial charge in [-0.3, -0.25) is 0 Å². The van der Waals surface area contributed by atoms with Crippen LogP contribution in [0.2, 0.25) is 0 Å². The topological polar surface area (TPSA) is 82.4 Å². The molecule has 0 aliphatic heterocycles. The summed E-state index contributed by atoms with van der Waals surface area (Å²) in [5.41, 5.74) is 1.45. The van der Waals surface area contributed by atoms with Crippen molar-refractivity contribution in [2.75, 3.05) is 13.2 Å². The van der Waals surface area contributed by atoms with E-state index in [0.29, 0.717) is 12.1 Å². The van der Waals surface area contributed by atoms with Crippen molar-refractivity contribution in [1.82, 2.24) is 5.32 Å². The Labute approximate surface area is 93.3 Å². The highest BCUT2D eigenvalue weighted by Gasteiger charge is 2.00. The Balaban J connectivity index is 2.37. The quantitative estimate of drug-likeness (QED) is 0.785. The highest BCUT2D eigenvalue weighted by Crippen LogP contribution is 2.02. The van der Waals surface area contributed by atoms with Crippen LogP contribution in [0.1, 0.15) is 11.1 Å². The molecular weight excluding hydrogens is 208 g/mol. The van der Waals surface area contributed by atoms with Crippen LogP contribution in [-0.2, 0) is 11.3 Å². The second-order valence-corrected chi connectivity index (χ2v) is 3.02. The molecule has 0 saturated heterocycles. The number of nitriles is 1. The molecule has 0 bridgehead atoms. The third kappa shape index (κ3) is 3.98. The van der Waals surface area contributed by atoms with E-state index in [-0.39, 0.29) is 13.2 Å². The molecular formula is C11H12N2O3. The first kappa shape index (κ1) is 12.0. The number of aliphatic hydroxyl groups is 1. The third-order valence-electron chi connectivity index (χ3n) is 1.84. The zero-order valence-electron chi connectivity index (χ0n) is 8.64. The molecule has 5 heteroatoms. The Hall–Kier alpha value is -2.06. The number of aliphatic hydroxyl groups excluding tert-OH is 1. The van der Waals surface area contributed by atoms with E-state index in [2.05, 4.69) is 10.1 Å². The SMILES string of the molecule is N#Cc1ccc(CNC(=O)OCCO)cc1. The predicted octanol–water partition coefficient (Wildman–Crippen LogP) is 0.777. The summed E-state index contributed by atoms with van der Waals surface area (Å²) in [5.74, 6) is 0. The van der Waals surface area contributed by atoms with E-state index in [4.69, 9.17) is 10.4 Å². The monoisotopic (exact) mass is 220 g/mol. The van der Waals surface area contributed by atoms with Gasteiger partial charge in [-0.1, -0.05) is 12.1 Å². The van der Waals surface area contributed by atoms with Crippen LogP contribution in [0.4, 0.5) is 4.79 Å². The lowest BCUT2D eigenvalue weighted by molar-refractivity contribution is 0.119. The predicted molar refractivity (Wildman–Crippen MR) is 56.4 cm³/mol. The summed E-state index contributed by atoms with van der Waals surface area (Å²) in [6, 6.07) is 8.87. The molecule has 1 amide bonds. The summed E-state index contributed by atoms with van der Waals surface area (Å²) >= 11 is 0. The van der Waals surface area contributed by atoms with E-state index in [0.717, 1.165) is 5.56 Å². The molecule has 0 aliphatic rings. The normalized spacial score (nSPS) is 9.25. The summed E-state index contributed by atoms with van der Waals surface area (Å²) in [5, 5.41) is 19.5. The Morgan fingerprint density at radius 1 is 1.44 bits per heavy atom. The van der Waals surface area contributed by atoms with E-state index < -0.39 is 6.09 Å². The number of carbonyl (C=O) groups is 1. The maximum Gasteiger partial charge on any atom is 0.407 e. The van der Waals surface area contributed by atoms with E-state index in [1.165, 1.54) is 0 Å². The van der Waals surface area contributed by atoms with Crippen molar-refractivity contribution >= 4 is 6.09 Å². The molecule has 0 unspecified atom stereocenters. The number of hydrogen-bond acceptors (Lipinski definition) is 4. The van der Waals surface area contributed by atoms with Gasteiger partial charge in [0.25, 0.3) is 0 Å². The van der Waals surface area contributed by atoms with Gasteiger partial charge in [0.05, 0.1) is 18.2 Å². The Bertz CT molecular complexity index is 381. The lowest BCUT2D eigenvalue weighted by Crippen LogP contribution is -2.24. The Morgan fingerprint density at radius 2 is 2.12 bits per heavy atom. The van der Waals surface area contributed by atoms with Crippen molar-refractivity contribution in [3.05, 3.63) is 35.4 Å². The number of carbonyl (C=O) groups excluding carboxylic acids is 1. The maximum absolute atomic E-state index is 11.0. The first-order valence-corrected chi connectivity index (χ1v) is 4.77. The fourth-order valence-corrected chi connectivity index (χ4v) is 1.06. The molecule has 0 fully saturated rings. The van der Waals surface area contributed by atoms with E-state index in [9.17, 15) is 4.79 Å². The molecule has 2 N–H and O–H groups in total. The number of rotatable bonds is 4. The highest BCUT2D eigenvalue weighted by molar-refractivity contribution is 5.67. The smallest absolute Gasteiger partial charge is 0.407 e. The van der Waals surface area contributed by atoms with Gasteiger partial charge >= 0.3 is 6.09 Å². The van der Waals surface area contributed by atoms with Crippen molar-refractivity contribution in [3.8, 4) is 6.07 Å². The van der Waals surface area contributed by atoms with Crippen LogP contribution in [0.5, 0.6) is 0 Å². The molecule has 5 nitrogen and oxygen atoms in total. The van der Waals surface area contributed by atoms with Crippen LogP contribution in [-0.4, -0.2) is 24.4 Å². The van der Waals surface area contributed by atoms with E-state index >= 15 is 0 Å². The van der Waals surface area contributed by atoms with Crippen LogP contribution in [0, 0.1) is 11.3 Å². The summed E-state index contributed by atoms with van der Waals surface area (Å²) in [6.07, 6.45) is -0.571. The maximum atomic E-state index is 11.0. The van der Waals surface area contributed by atoms with Crippen LogP contribution in [0.25, 0.3) is 0 Å². The fourth-order valence-electron chi connectivity index (χ4n) is 1.06. The first-order valence-electron chi connectivity index (χ1n) is 4.77. The van der Waals surface area contributed by atoms with Crippen molar-refractivity contribution in [3.63, 3.8) is 0 Å². The van der Waals surface area contributed by atoms with Gasteiger partial charge < -0.3 is 15.2 Å². The standard InChI is InChI=1S/C11H12N2O3/c12-7-9-1-3-10(4-2-9)8-13-11(15)16-6-5-14/h1-4,14H,5-6,8H2,(H,13,15). The average molecular weight is 220 g/mol. The lowest BCUT2D eigenvalue weighted by atomic mass is 10.1. The van der Waals surface area contributed by atoms with Crippen molar-refractivity contribution in [2.45, 2.75) is 6.54 Å². The minimum atomic E-state index is -0.571. The van der Waals surface area contributed by atoms with E-state index in [1.807, 2.05) is 6.07 Å². The van der Waals surface area contributed by atoms with E-state index in [1.54, 1.807) is 24.3 Å².